The highest BCUT2D eigenvalue weighted by atomic mass is 16.4. The number of hydrogen-bond acceptors (Lipinski definition) is 2. The predicted molar refractivity (Wildman–Crippen MR) is 84.1 cm³/mol. The second kappa shape index (κ2) is 7.10. The Morgan fingerprint density at radius 1 is 0.952 bits per heavy atom. The molecule has 0 amide bonds. The summed E-state index contributed by atoms with van der Waals surface area (Å²) in [5.74, 6) is -4.16. The van der Waals surface area contributed by atoms with Crippen molar-refractivity contribution in [2.75, 3.05) is 0 Å². The van der Waals surface area contributed by atoms with Gasteiger partial charge in [0.05, 0.1) is 11.8 Å². The van der Waals surface area contributed by atoms with E-state index in [2.05, 4.69) is 0 Å². The van der Waals surface area contributed by atoms with Crippen LogP contribution >= 0.6 is 0 Å². The van der Waals surface area contributed by atoms with Crippen LogP contribution in [0, 0.1) is 28.6 Å². The normalized spacial score (nSPS) is 16.2. The first-order chi connectivity index (χ1) is 9.34. The van der Waals surface area contributed by atoms with Crippen LogP contribution in [0.15, 0.2) is 12.2 Å². The van der Waals surface area contributed by atoms with Gasteiger partial charge in [0, 0.05) is 0 Å². The minimum Gasteiger partial charge on any atom is -0.481 e. The van der Waals surface area contributed by atoms with Crippen molar-refractivity contribution in [2.45, 2.75) is 54.9 Å². The molecule has 21 heavy (non-hydrogen) atoms. The van der Waals surface area contributed by atoms with E-state index in [9.17, 15) is 19.8 Å². The second-order valence-electron chi connectivity index (χ2n) is 7.82. The molecule has 0 aliphatic carbocycles. The molecular weight excluding hydrogens is 268 g/mol. The quantitative estimate of drug-likeness (QED) is 0.725. The van der Waals surface area contributed by atoms with Gasteiger partial charge in [-0.25, -0.2) is 0 Å². The zero-order valence-electron chi connectivity index (χ0n) is 14.3. The van der Waals surface area contributed by atoms with Gasteiger partial charge in [-0.2, -0.15) is 0 Å². The lowest BCUT2D eigenvalue weighted by molar-refractivity contribution is -0.161. The van der Waals surface area contributed by atoms with Crippen molar-refractivity contribution in [1.29, 1.82) is 0 Å². The first-order valence-electron chi connectivity index (χ1n) is 7.40. The average molecular weight is 298 g/mol. The second-order valence-corrected chi connectivity index (χ2v) is 7.82. The summed E-state index contributed by atoms with van der Waals surface area (Å²) < 4.78 is 0. The summed E-state index contributed by atoms with van der Waals surface area (Å²) in [4.78, 5) is 23.5. The van der Waals surface area contributed by atoms with E-state index in [0.29, 0.717) is 0 Å². The summed E-state index contributed by atoms with van der Waals surface area (Å²) in [5.41, 5.74) is -0.601. The largest absolute Gasteiger partial charge is 0.481 e. The summed E-state index contributed by atoms with van der Waals surface area (Å²) in [5, 5.41) is 19.2. The Morgan fingerprint density at radius 3 is 1.62 bits per heavy atom. The van der Waals surface area contributed by atoms with Gasteiger partial charge in [0.2, 0.25) is 0 Å². The molecule has 2 atom stereocenters. The molecule has 2 unspecified atom stereocenters. The van der Waals surface area contributed by atoms with Gasteiger partial charge in [0.15, 0.2) is 0 Å². The number of rotatable bonds is 6. The van der Waals surface area contributed by atoms with Crippen molar-refractivity contribution in [3.8, 4) is 0 Å². The third-order valence-corrected chi connectivity index (χ3v) is 3.89. The smallest absolute Gasteiger partial charge is 0.307 e. The van der Waals surface area contributed by atoms with Crippen LogP contribution in [0.4, 0.5) is 0 Å². The lowest BCUT2D eigenvalue weighted by atomic mass is 9.58. The third kappa shape index (κ3) is 5.52. The van der Waals surface area contributed by atoms with Gasteiger partial charge in [-0.05, 0) is 30.1 Å². The summed E-state index contributed by atoms with van der Waals surface area (Å²) in [6.45, 7) is 13.7. The fourth-order valence-corrected chi connectivity index (χ4v) is 3.61. The molecule has 0 aromatic rings. The van der Waals surface area contributed by atoms with E-state index in [1.54, 1.807) is 19.1 Å². The van der Waals surface area contributed by atoms with Crippen molar-refractivity contribution in [1.82, 2.24) is 0 Å². The number of carboxylic acids is 2. The van der Waals surface area contributed by atoms with Crippen molar-refractivity contribution < 1.29 is 19.8 Å². The Labute approximate surface area is 128 Å². The number of carbonyl (C=O) groups is 2. The van der Waals surface area contributed by atoms with E-state index in [-0.39, 0.29) is 23.2 Å². The van der Waals surface area contributed by atoms with Crippen LogP contribution in [-0.2, 0) is 9.59 Å². The molecule has 0 aliphatic heterocycles. The molecule has 4 heteroatoms. The highest BCUT2D eigenvalue weighted by molar-refractivity contribution is 5.80. The fourth-order valence-electron chi connectivity index (χ4n) is 3.61. The molecule has 2 N–H and O–H groups in total. The Hall–Kier alpha value is -1.32. The Bertz CT molecular complexity index is 382. The lowest BCUT2D eigenvalue weighted by Gasteiger charge is -2.45. The van der Waals surface area contributed by atoms with Gasteiger partial charge in [-0.1, -0.05) is 53.7 Å². The maximum atomic E-state index is 11.9. The first kappa shape index (κ1) is 19.7. The highest BCUT2D eigenvalue weighted by Gasteiger charge is 2.48. The molecule has 0 heterocycles. The van der Waals surface area contributed by atoms with Gasteiger partial charge < -0.3 is 10.2 Å². The van der Waals surface area contributed by atoms with Crippen LogP contribution in [-0.4, -0.2) is 22.2 Å². The number of carboxylic acid groups (broad SMARTS) is 2. The maximum Gasteiger partial charge on any atom is 0.307 e. The Balaban J connectivity index is 5.91. The molecule has 0 saturated carbocycles. The van der Waals surface area contributed by atoms with Crippen LogP contribution in [0.25, 0.3) is 0 Å². The van der Waals surface area contributed by atoms with E-state index in [0.717, 1.165) is 0 Å². The van der Waals surface area contributed by atoms with E-state index in [1.807, 2.05) is 41.5 Å². The molecule has 0 aliphatic rings. The van der Waals surface area contributed by atoms with E-state index < -0.39 is 23.8 Å². The average Bonchev–Trinajstić information content (AvgIpc) is 2.23. The SMILES string of the molecule is CC=CCC(C(=O)O)C(C(=O)O)C(C(C)(C)C)C(C)(C)C. The topological polar surface area (TPSA) is 74.6 Å². The van der Waals surface area contributed by atoms with E-state index >= 15 is 0 Å². The van der Waals surface area contributed by atoms with Gasteiger partial charge in [-0.15, -0.1) is 0 Å². The Morgan fingerprint density at radius 2 is 1.38 bits per heavy atom. The lowest BCUT2D eigenvalue weighted by Crippen LogP contribution is -2.46. The predicted octanol–water partition coefficient (Wildman–Crippen LogP) is 4.06. The monoisotopic (exact) mass is 298 g/mol. The standard InChI is InChI=1S/C17H30O4/c1-8-9-10-11(14(18)19)12(15(20)21)13(16(2,3)4)17(5,6)7/h8-9,11-13H,10H2,1-7H3,(H,18,19)(H,20,21). The molecule has 0 fully saturated rings. The molecule has 122 valence electrons. The molecular formula is C17H30O4. The van der Waals surface area contributed by atoms with Gasteiger partial charge >= 0.3 is 11.9 Å². The zero-order valence-corrected chi connectivity index (χ0v) is 14.3. The van der Waals surface area contributed by atoms with Crippen LogP contribution in [0.3, 0.4) is 0 Å². The fraction of sp³-hybridized carbons (Fsp3) is 0.765. The third-order valence-electron chi connectivity index (χ3n) is 3.89. The van der Waals surface area contributed by atoms with Crippen LogP contribution in [0.1, 0.15) is 54.9 Å². The van der Waals surface area contributed by atoms with Crippen molar-refractivity contribution in [3.05, 3.63) is 12.2 Å². The molecule has 0 saturated heterocycles. The zero-order chi connectivity index (χ0) is 17.0. The maximum absolute atomic E-state index is 11.9. The summed E-state index contributed by atoms with van der Waals surface area (Å²) in [6.07, 6.45) is 3.74. The number of hydrogen-bond donors (Lipinski definition) is 2. The van der Waals surface area contributed by atoms with E-state index in [4.69, 9.17) is 0 Å². The molecule has 4 nitrogen and oxygen atoms in total. The molecule has 0 bridgehead atoms. The van der Waals surface area contributed by atoms with Gasteiger partial charge in [-0.3, -0.25) is 9.59 Å². The molecule has 0 aromatic heterocycles. The van der Waals surface area contributed by atoms with Gasteiger partial charge in [0.25, 0.3) is 0 Å². The van der Waals surface area contributed by atoms with Crippen molar-refractivity contribution >= 4 is 11.9 Å². The highest BCUT2D eigenvalue weighted by Crippen LogP contribution is 2.47. The van der Waals surface area contributed by atoms with Crippen molar-refractivity contribution in [3.63, 3.8) is 0 Å². The minimum atomic E-state index is -1.04. The minimum absolute atomic E-state index is 0.242. The van der Waals surface area contributed by atoms with Crippen molar-refractivity contribution in [2.24, 2.45) is 28.6 Å². The number of allylic oxidation sites excluding steroid dienone is 2. The summed E-state index contributed by atoms with van der Waals surface area (Å²) >= 11 is 0. The van der Waals surface area contributed by atoms with Crippen LogP contribution in [0.5, 0.6) is 0 Å². The molecule has 0 rings (SSSR count). The summed E-state index contributed by atoms with van der Waals surface area (Å²) in [6, 6.07) is 0. The number of aliphatic carboxylic acids is 2. The molecule has 0 aromatic carbocycles. The Kier molecular flexibility index (Phi) is 6.65. The van der Waals surface area contributed by atoms with Crippen LogP contribution < -0.4 is 0 Å². The van der Waals surface area contributed by atoms with Crippen LogP contribution in [0.2, 0.25) is 0 Å². The first-order valence-corrected chi connectivity index (χ1v) is 7.40. The van der Waals surface area contributed by atoms with Gasteiger partial charge in [0.1, 0.15) is 0 Å². The molecule has 0 spiro atoms. The molecule has 0 radical (unpaired) electrons. The van der Waals surface area contributed by atoms with E-state index in [1.165, 1.54) is 0 Å². The summed E-state index contributed by atoms with van der Waals surface area (Å²) in [7, 11) is 0.